The predicted molar refractivity (Wildman–Crippen MR) is 77.1 cm³/mol. The molecule has 0 aliphatic heterocycles. The summed E-state index contributed by atoms with van der Waals surface area (Å²) in [5.74, 6) is 0.408. The van der Waals surface area contributed by atoms with Crippen molar-refractivity contribution in [2.45, 2.75) is 13.8 Å². The maximum atomic E-state index is 10.9. The van der Waals surface area contributed by atoms with E-state index < -0.39 is 5.97 Å². The lowest BCUT2D eigenvalue weighted by atomic mass is 10.1. The highest BCUT2D eigenvalue weighted by Crippen LogP contribution is 2.29. The fourth-order valence-electron chi connectivity index (χ4n) is 1.68. The Bertz CT molecular complexity index is 635. The molecule has 19 heavy (non-hydrogen) atoms. The number of benzene rings is 2. The Morgan fingerprint density at radius 1 is 1.16 bits per heavy atom. The molecule has 0 amide bonds. The number of carboxylic acid groups (broad SMARTS) is 1. The maximum absolute atomic E-state index is 10.9. The van der Waals surface area contributed by atoms with Gasteiger partial charge >= 0.3 is 5.97 Å². The first kappa shape index (κ1) is 13.6. The zero-order valence-electron chi connectivity index (χ0n) is 10.6. The van der Waals surface area contributed by atoms with Gasteiger partial charge in [0.1, 0.15) is 11.5 Å². The van der Waals surface area contributed by atoms with Crippen LogP contribution in [0.1, 0.15) is 21.5 Å². The average molecular weight is 321 g/mol. The first-order valence-corrected chi connectivity index (χ1v) is 6.54. The molecule has 1 N–H and O–H groups in total. The Balaban J connectivity index is 2.31. The van der Waals surface area contributed by atoms with Crippen LogP contribution in [-0.4, -0.2) is 11.1 Å². The summed E-state index contributed by atoms with van der Waals surface area (Å²) in [6.45, 7) is 3.96. The molecule has 4 heteroatoms. The summed E-state index contributed by atoms with van der Waals surface area (Å²) >= 11 is 3.23. The monoisotopic (exact) mass is 320 g/mol. The van der Waals surface area contributed by atoms with Crippen molar-refractivity contribution >= 4 is 21.9 Å². The average Bonchev–Trinajstić information content (AvgIpc) is 2.33. The lowest BCUT2D eigenvalue weighted by molar-refractivity contribution is 0.0696. The van der Waals surface area contributed by atoms with Crippen LogP contribution in [0.4, 0.5) is 0 Å². The number of halogens is 1. The van der Waals surface area contributed by atoms with Crippen molar-refractivity contribution in [2.75, 3.05) is 0 Å². The van der Waals surface area contributed by atoms with Crippen LogP contribution in [0.5, 0.6) is 11.5 Å². The summed E-state index contributed by atoms with van der Waals surface area (Å²) in [7, 11) is 0. The molecular weight excluding hydrogens is 308 g/mol. The van der Waals surface area contributed by atoms with E-state index in [9.17, 15) is 4.79 Å². The quantitative estimate of drug-likeness (QED) is 0.902. The first-order valence-electron chi connectivity index (χ1n) is 5.75. The van der Waals surface area contributed by atoms with Crippen molar-refractivity contribution in [3.8, 4) is 11.5 Å². The summed E-state index contributed by atoms with van der Waals surface area (Å²) in [4.78, 5) is 10.9. The summed E-state index contributed by atoms with van der Waals surface area (Å²) in [5.41, 5.74) is 2.36. The van der Waals surface area contributed by atoms with Crippen LogP contribution in [0, 0.1) is 13.8 Å². The molecule has 0 atom stereocenters. The summed E-state index contributed by atoms with van der Waals surface area (Å²) in [6.07, 6.45) is 0. The number of ether oxygens (including phenoxy) is 1. The van der Waals surface area contributed by atoms with Crippen molar-refractivity contribution in [3.05, 3.63) is 57.6 Å². The Labute approximate surface area is 120 Å². The molecule has 98 valence electrons. The topological polar surface area (TPSA) is 46.5 Å². The van der Waals surface area contributed by atoms with Gasteiger partial charge in [0.25, 0.3) is 0 Å². The van der Waals surface area contributed by atoms with E-state index in [1.165, 1.54) is 6.07 Å². The fraction of sp³-hybridized carbons (Fsp3) is 0.133. The lowest BCUT2D eigenvalue weighted by Gasteiger charge is -2.10. The number of hydrogen-bond acceptors (Lipinski definition) is 2. The Morgan fingerprint density at radius 2 is 1.89 bits per heavy atom. The fourth-order valence-corrected chi connectivity index (χ4v) is 2.20. The van der Waals surface area contributed by atoms with Gasteiger partial charge < -0.3 is 9.84 Å². The molecule has 0 unspecified atom stereocenters. The van der Waals surface area contributed by atoms with E-state index in [1.807, 2.05) is 32.0 Å². The van der Waals surface area contributed by atoms with Gasteiger partial charge in [-0.2, -0.15) is 0 Å². The SMILES string of the molecule is Cc1ccc(C)c(Oc2ccc(C(=O)O)c(Br)c2)c1. The molecule has 0 aromatic heterocycles. The normalized spacial score (nSPS) is 10.3. The minimum atomic E-state index is -0.967. The van der Waals surface area contributed by atoms with Gasteiger partial charge in [0, 0.05) is 4.47 Å². The largest absolute Gasteiger partial charge is 0.478 e. The highest BCUT2D eigenvalue weighted by Gasteiger charge is 2.10. The second-order valence-electron chi connectivity index (χ2n) is 4.32. The molecule has 3 nitrogen and oxygen atoms in total. The molecule has 0 aliphatic rings. The number of aryl methyl sites for hydroxylation is 2. The Hall–Kier alpha value is -1.81. The molecule has 0 radical (unpaired) electrons. The van der Waals surface area contributed by atoms with Crippen LogP contribution in [0.15, 0.2) is 40.9 Å². The minimum absolute atomic E-state index is 0.216. The second kappa shape index (κ2) is 5.45. The van der Waals surface area contributed by atoms with Crippen LogP contribution in [-0.2, 0) is 0 Å². The summed E-state index contributed by atoms with van der Waals surface area (Å²) in [6, 6.07) is 10.8. The van der Waals surface area contributed by atoms with Gasteiger partial charge in [-0.05, 0) is 65.2 Å². The van der Waals surface area contributed by atoms with E-state index in [4.69, 9.17) is 9.84 Å². The van der Waals surface area contributed by atoms with Crippen LogP contribution in [0.2, 0.25) is 0 Å². The number of carbonyl (C=O) groups is 1. The zero-order chi connectivity index (χ0) is 14.0. The standard InChI is InChI=1S/C15H13BrO3/c1-9-3-4-10(2)14(7-9)19-11-5-6-12(15(17)18)13(16)8-11/h3-8H,1-2H3,(H,17,18). The third kappa shape index (κ3) is 3.15. The van der Waals surface area contributed by atoms with Crippen molar-refractivity contribution in [2.24, 2.45) is 0 Å². The predicted octanol–water partition coefficient (Wildman–Crippen LogP) is 4.56. The smallest absolute Gasteiger partial charge is 0.336 e. The first-order chi connectivity index (χ1) is 8.97. The molecule has 0 bridgehead atoms. The number of aromatic carboxylic acids is 1. The summed E-state index contributed by atoms with van der Waals surface area (Å²) < 4.78 is 6.29. The maximum Gasteiger partial charge on any atom is 0.336 e. The molecule has 0 saturated heterocycles. The van der Waals surface area contributed by atoms with Gasteiger partial charge in [0.15, 0.2) is 0 Å². The minimum Gasteiger partial charge on any atom is -0.478 e. The van der Waals surface area contributed by atoms with Crippen molar-refractivity contribution in [1.82, 2.24) is 0 Å². The van der Waals surface area contributed by atoms with Crippen LogP contribution in [0.25, 0.3) is 0 Å². The van der Waals surface area contributed by atoms with Gasteiger partial charge in [0.2, 0.25) is 0 Å². The highest BCUT2D eigenvalue weighted by molar-refractivity contribution is 9.10. The van der Waals surface area contributed by atoms with Gasteiger partial charge in [-0.1, -0.05) is 12.1 Å². The zero-order valence-corrected chi connectivity index (χ0v) is 12.2. The van der Waals surface area contributed by atoms with E-state index in [0.717, 1.165) is 16.9 Å². The Kier molecular flexibility index (Phi) is 3.90. The Morgan fingerprint density at radius 3 is 2.53 bits per heavy atom. The molecule has 2 aromatic carbocycles. The van der Waals surface area contributed by atoms with Gasteiger partial charge in [-0.15, -0.1) is 0 Å². The molecular formula is C15H13BrO3. The molecule has 0 spiro atoms. The number of rotatable bonds is 3. The molecule has 2 rings (SSSR count). The third-order valence-electron chi connectivity index (χ3n) is 2.74. The van der Waals surface area contributed by atoms with Crippen LogP contribution >= 0.6 is 15.9 Å². The number of hydrogen-bond donors (Lipinski definition) is 1. The highest BCUT2D eigenvalue weighted by atomic mass is 79.9. The molecule has 0 heterocycles. The van der Waals surface area contributed by atoms with Crippen LogP contribution in [0.3, 0.4) is 0 Å². The second-order valence-corrected chi connectivity index (χ2v) is 5.17. The third-order valence-corrected chi connectivity index (χ3v) is 3.40. The van der Waals surface area contributed by atoms with Gasteiger partial charge in [0.05, 0.1) is 5.56 Å². The van der Waals surface area contributed by atoms with Crippen molar-refractivity contribution in [1.29, 1.82) is 0 Å². The lowest BCUT2D eigenvalue weighted by Crippen LogP contribution is -1.97. The van der Waals surface area contributed by atoms with Gasteiger partial charge in [-0.3, -0.25) is 0 Å². The molecule has 0 fully saturated rings. The van der Waals surface area contributed by atoms with Crippen molar-refractivity contribution < 1.29 is 14.6 Å². The van der Waals surface area contributed by atoms with Crippen LogP contribution < -0.4 is 4.74 Å². The molecule has 0 saturated carbocycles. The summed E-state index contributed by atoms with van der Waals surface area (Å²) in [5, 5.41) is 8.96. The van der Waals surface area contributed by atoms with E-state index in [1.54, 1.807) is 12.1 Å². The molecule has 2 aromatic rings. The van der Waals surface area contributed by atoms with E-state index in [-0.39, 0.29) is 5.56 Å². The van der Waals surface area contributed by atoms with Crippen molar-refractivity contribution in [3.63, 3.8) is 0 Å². The molecule has 0 aliphatic carbocycles. The van der Waals surface area contributed by atoms with E-state index in [0.29, 0.717) is 10.2 Å². The van der Waals surface area contributed by atoms with Gasteiger partial charge in [-0.25, -0.2) is 4.79 Å². The van der Waals surface area contributed by atoms with E-state index >= 15 is 0 Å². The number of carboxylic acids is 1. The van der Waals surface area contributed by atoms with E-state index in [2.05, 4.69) is 15.9 Å².